The smallest absolute Gasteiger partial charge is 0.229 e. The molecule has 2 aliphatic rings. The highest BCUT2D eigenvalue weighted by Crippen LogP contribution is 2.43. The number of rotatable bonds is 7. The molecular formula is C25H27N9O. The first kappa shape index (κ1) is 21.5. The van der Waals surface area contributed by atoms with Crippen molar-refractivity contribution in [2.75, 3.05) is 35.3 Å². The van der Waals surface area contributed by atoms with Crippen LogP contribution in [0.15, 0.2) is 60.1 Å². The molecule has 10 heteroatoms. The second-order valence-corrected chi connectivity index (χ2v) is 9.26. The highest BCUT2D eigenvalue weighted by Gasteiger charge is 2.47. The molecular weight excluding hydrogens is 442 g/mol. The Bertz CT molecular complexity index is 1420. The molecule has 3 aromatic heterocycles. The summed E-state index contributed by atoms with van der Waals surface area (Å²) in [5.74, 6) is 2.28. The Morgan fingerprint density at radius 3 is 2.89 bits per heavy atom. The molecule has 1 unspecified atom stereocenters. The van der Waals surface area contributed by atoms with E-state index in [1.165, 1.54) is 5.56 Å². The van der Waals surface area contributed by atoms with E-state index in [4.69, 9.17) is 14.7 Å². The summed E-state index contributed by atoms with van der Waals surface area (Å²) in [4.78, 5) is 22.9. The molecule has 5 heterocycles. The summed E-state index contributed by atoms with van der Waals surface area (Å²) >= 11 is 0. The maximum absolute atomic E-state index is 6.00. The van der Waals surface area contributed by atoms with Gasteiger partial charge in [-0.05, 0) is 37.5 Å². The zero-order chi connectivity index (χ0) is 24.0. The lowest BCUT2D eigenvalue weighted by Gasteiger charge is -2.33. The number of aliphatic imine (C=N–C) groups is 1. The van der Waals surface area contributed by atoms with E-state index in [0.29, 0.717) is 25.7 Å². The van der Waals surface area contributed by atoms with Gasteiger partial charge in [0.15, 0.2) is 11.5 Å². The fourth-order valence-electron chi connectivity index (χ4n) is 4.62. The van der Waals surface area contributed by atoms with Crippen LogP contribution in [0, 0.1) is 6.92 Å². The number of benzene rings is 1. The van der Waals surface area contributed by atoms with Gasteiger partial charge in [-0.25, -0.2) is 19.5 Å². The fourth-order valence-corrected chi connectivity index (χ4v) is 4.62. The van der Waals surface area contributed by atoms with Crippen LogP contribution < -0.4 is 15.1 Å². The molecule has 2 aliphatic heterocycles. The minimum Gasteiger partial charge on any atom is -0.377 e. The molecule has 0 aliphatic carbocycles. The number of fused-ring (bicyclic) bond motifs is 4. The van der Waals surface area contributed by atoms with Gasteiger partial charge in [0.2, 0.25) is 11.9 Å². The van der Waals surface area contributed by atoms with Gasteiger partial charge < -0.3 is 15.0 Å². The fraction of sp³-hybridized carbons (Fsp3) is 0.320. The summed E-state index contributed by atoms with van der Waals surface area (Å²) < 4.78 is 7.74. The molecule has 1 aromatic carbocycles. The first-order valence-corrected chi connectivity index (χ1v) is 11.7. The van der Waals surface area contributed by atoms with Gasteiger partial charge in [-0.2, -0.15) is 10.1 Å². The van der Waals surface area contributed by atoms with Crippen LogP contribution in [0.3, 0.4) is 0 Å². The van der Waals surface area contributed by atoms with Gasteiger partial charge in [0, 0.05) is 13.7 Å². The van der Waals surface area contributed by atoms with Gasteiger partial charge in [0.25, 0.3) is 0 Å². The molecule has 178 valence electrons. The van der Waals surface area contributed by atoms with E-state index in [2.05, 4.69) is 49.2 Å². The molecule has 0 saturated carbocycles. The van der Waals surface area contributed by atoms with E-state index in [0.717, 1.165) is 40.8 Å². The maximum Gasteiger partial charge on any atom is 0.229 e. The zero-order valence-electron chi connectivity index (χ0n) is 20.0. The molecule has 0 radical (unpaired) electrons. The van der Waals surface area contributed by atoms with E-state index in [1.807, 2.05) is 50.6 Å². The highest BCUT2D eigenvalue weighted by molar-refractivity contribution is 6.16. The van der Waals surface area contributed by atoms with Crippen LogP contribution in [0.25, 0.3) is 5.65 Å². The van der Waals surface area contributed by atoms with Crippen LogP contribution in [0.5, 0.6) is 0 Å². The van der Waals surface area contributed by atoms with Crippen molar-refractivity contribution in [1.29, 1.82) is 0 Å². The summed E-state index contributed by atoms with van der Waals surface area (Å²) in [5.41, 5.74) is 4.60. The molecule has 1 atom stereocenters. The van der Waals surface area contributed by atoms with E-state index >= 15 is 0 Å². The summed E-state index contributed by atoms with van der Waals surface area (Å²) in [6.45, 7) is 6.17. The zero-order valence-corrected chi connectivity index (χ0v) is 20.0. The summed E-state index contributed by atoms with van der Waals surface area (Å²) in [6.07, 6.45) is 6.12. The summed E-state index contributed by atoms with van der Waals surface area (Å²) in [5, 5.41) is 7.59. The Kier molecular flexibility index (Phi) is 5.10. The summed E-state index contributed by atoms with van der Waals surface area (Å²) in [6, 6.07) is 12.2. The van der Waals surface area contributed by atoms with Crippen LogP contribution in [-0.2, 0) is 11.3 Å². The number of ether oxygens (including phenoxy) is 1. The number of aromatic nitrogens is 5. The molecule has 0 spiro atoms. The Morgan fingerprint density at radius 1 is 1.17 bits per heavy atom. The number of pyridine rings is 1. The lowest BCUT2D eigenvalue weighted by Crippen LogP contribution is -2.49. The third-order valence-corrected chi connectivity index (χ3v) is 6.69. The lowest BCUT2D eigenvalue weighted by atomic mass is 9.97. The molecule has 6 rings (SSSR count). The van der Waals surface area contributed by atoms with Gasteiger partial charge in [-0.3, -0.25) is 4.90 Å². The SMILES string of the molecule is Cc1cc2ncnn2cc1Nc1ncc2c(n1)N1C(=NCC1(C)CCOCc1ccccc1)N2C. The molecule has 1 N–H and O–H groups in total. The van der Waals surface area contributed by atoms with Crippen LogP contribution in [0.2, 0.25) is 0 Å². The standard InChI is InChI=1S/C25H27N9O/c1-17-11-21-28-16-29-33(21)13-19(17)30-23-26-12-20-22(31-23)34-24(32(20)3)27-15-25(34,2)9-10-35-14-18-7-5-4-6-8-18/h4-8,11-13,16H,9-10,14-15H2,1-3H3,(H,26,30,31). The van der Waals surface area contributed by atoms with Crippen molar-refractivity contribution in [3.8, 4) is 0 Å². The van der Waals surface area contributed by atoms with Crippen molar-refractivity contribution in [2.45, 2.75) is 32.4 Å². The van der Waals surface area contributed by atoms with Gasteiger partial charge in [-0.15, -0.1) is 0 Å². The van der Waals surface area contributed by atoms with Gasteiger partial charge in [-0.1, -0.05) is 30.3 Å². The third kappa shape index (κ3) is 3.75. The number of anilines is 4. The second-order valence-electron chi connectivity index (χ2n) is 9.26. The highest BCUT2D eigenvalue weighted by atomic mass is 16.5. The van der Waals surface area contributed by atoms with E-state index in [9.17, 15) is 0 Å². The molecule has 4 aromatic rings. The van der Waals surface area contributed by atoms with Crippen molar-refractivity contribution < 1.29 is 4.74 Å². The van der Waals surface area contributed by atoms with Crippen LogP contribution in [0.4, 0.5) is 23.1 Å². The largest absolute Gasteiger partial charge is 0.377 e. The van der Waals surface area contributed by atoms with Crippen molar-refractivity contribution >= 4 is 34.7 Å². The quantitative estimate of drug-likeness (QED) is 0.411. The second kappa shape index (κ2) is 8.31. The number of hydrogen-bond acceptors (Lipinski definition) is 9. The van der Waals surface area contributed by atoms with Crippen LogP contribution >= 0.6 is 0 Å². The van der Waals surface area contributed by atoms with E-state index < -0.39 is 0 Å². The first-order chi connectivity index (χ1) is 17.0. The predicted molar refractivity (Wildman–Crippen MR) is 135 cm³/mol. The Hall–Kier alpha value is -4.05. The van der Waals surface area contributed by atoms with Crippen molar-refractivity contribution in [1.82, 2.24) is 24.6 Å². The molecule has 0 amide bonds. The monoisotopic (exact) mass is 469 g/mol. The van der Waals surface area contributed by atoms with Crippen molar-refractivity contribution in [3.05, 3.63) is 66.2 Å². The predicted octanol–water partition coefficient (Wildman–Crippen LogP) is 3.56. The maximum atomic E-state index is 6.00. The Labute approximate surface area is 203 Å². The molecule has 0 saturated heterocycles. The van der Waals surface area contributed by atoms with E-state index in [1.54, 1.807) is 10.8 Å². The topological polar surface area (TPSA) is 96.1 Å². The molecule has 35 heavy (non-hydrogen) atoms. The Balaban J connectivity index is 1.22. The van der Waals surface area contributed by atoms with Crippen LogP contribution in [0.1, 0.15) is 24.5 Å². The lowest BCUT2D eigenvalue weighted by molar-refractivity contribution is 0.106. The van der Waals surface area contributed by atoms with Crippen LogP contribution in [-0.4, -0.2) is 56.3 Å². The number of nitrogens with one attached hydrogen (secondary N) is 1. The normalized spacial score (nSPS) is 18.7. The van der Waals surface area contributed by atoms with E-state index in [-0.39, 0.29) is 5.54 Å². The number of aryl methyl sites for hydroxylation is 1. The molecule has 0 bridgehead atoms. The number of hydrogen-bond donors (Lipinski definition) is 1. The van der Waals surface area contributed by atoms with Crippen molar-refractivity contribution in [2.24, 2.45) is 4.99 Å². The van der Waals surface area contributed by atoms with Gasteiger partial charge >= 0.3 is 0 Å². The Morgan fingerprint density at radius 2 is 2.03 bits per heavy atom. The average molecular weight is 470 g/mol. The van der Waals surface area contributed by atoms with Gasteiger partial charge in [0.05, 0.1) is 36.8 Å². The molecule has 10 nitrogen and oxygen atoms in total. The third-order valence-electron chi connectivity index (χ3n) is 6.69. The number of guanidine groups is 1. The first-order valence-electron chi connectivity index (χ1n) is 11.7. The summed E-state index contributed by atoms with van der Waals surface area (Å²) in [7, 11) is 2.01. The minimum atomic E-state index is -0.229. The number of nitrogens with zero attached hydrogens (tertiary/aromatic N) is 8. The minimum absolute atomic E-state index is 0.229. The van der Waals surface area contributed by atoms with Crippen molar-refractivity contribution in [3.63, 3.8) is 0 Å². The molecule has 0 fully saturated rings. The van der Waals surface area contributed by atoms with Gasteiger partial charge in [0.1, 0.15) is 12.0 Å². The average Bonchev–Trinajstić information content (AvgIpc) is 3.53.